The number of carboxylic acids is 1. The standard InChI is InChI=1S/C19H32N6O5/c1-5-11(4)15(20)17(27)22-8-14(26)25-16(10(2)3)18(28)24-13(19(29)30)6-12-7-21-9-23-12/h7,9-11,13,15-16H,5-6,8,20H2,1-4H3,(H,21,23)(H,22,27)(H,24,28)(H,25,26)(H,29,30). The first kappa shape index (κ1) is 25.1. The first-order valence-corrected chi connectivity index (χ1v) is 9.89. The fraction of sp³-hybridized carbons (Fsp3) is 0.632. The van der Waals surface area contributed by atoms with Gasteiger partial charge in [-0.1, -0.05) is 34.1 Å². The van der Waals surface area contributed by atoms with Crippen LogP contribution in [0, 0.1) is 11.8 Å². The summed E-state index contributed by atoms with van der Waals surface area (Å²) in [5, 5.41) is 16.8. The Labute approximate surface area is 175 Å². The van der Waals surface area contributed by atoms with E-state index in [4.69, 9.17) is 5.73 Å². The molecular weight excluding hydrogens is 392 g/mol. The second-order valence-corrected chi connectivity index (χ2v) is 7.60. The van der Waals surface area contributed by atoms with Crippen LogP contribution in [-0.4, -0.2) is 63.4 Å². The van der Waals surface area contributed by atoms with Gasteiger partial charge in [0.25, 0.3) is 0 Å². The number of carbonyl (C=O) groups is 4. The highest BCUT2D eigenvalue weighted by Crippen LogP contribution is 2.06. The number of aromatic amines is 1. The number of nitrogens with zero attached hydrogens (tertiary/aromatic N) is 1. The molecule has 0 spiro atoms. The number of H-pyrrole nitrogens is 1. The number of amides is 3. The van der Waals surface area contributed by atoms with E-state index in [0.717, 1.165) is 6.42 Å². The van der Waals surface area contributed by atoms with E-state index in [-0.39, 0.29) is 24.8 Å². The summed E-state index contributed by atoms with van der Waals surface area (Å²) in [6, 6.07) is -2.89. The Morgan fingerprint density at radius 1 is 1.17 bits per heavy atom. The highest BCUT2D eigenvalue weighted by molar-refractivity contribution is 5.92. The van der Waals surface area contributed by atoms with Crippen molar-refractivity contribution >= 4 is 23.7 Å². The van der Waals surface area contributed by atoms with Crippen LogP contribution in [0.1, 0.15) is 39.8 Å². The van der Waals surface area contributed by atoms with E-state index in [0.29, 0.717) is 5.69 Å². The normalized spacial score (nSPS) is 15.0. The number of rotatable bonds is 12. The molecule has 30 heavy (non-hydrogen) atoms. The molecule has 7 N–H and O–H groups in total. The monoisotopic (exact) mass is 424 g/mol. The van der Waals surface area contributed by atoms with E-state index in [2.05, 4.69) is 25.9 Å². The number of aliphatic carboxylic acids is 1. The molecule has 0 saturated heterocycles. The Hall–Kier alpha value is -2.95. The summed E-state index contributed by atoms with van der Waals surface area (Å²) in [6.07, 6.45) is 3.62. The molecule has 0 aliphatic carbocycles. The lowest BCUT2D eigenvalue weighted by atomic mass is 9.99. The number of aromatic nitrogens is 2. The molecule has 1 rings (SSSR count). The minimum Gasteiger partial charge on any atom is -0.480 e. The Morgan fingerprint density at radius 2 is 1.83 bits per heavy atom. The van der Waals surface area contributed by atoms with Crippen LogP contribution < -0.4 is 21.7 Å². The van der Waals surface area contributed by atoms with Gasteiger partial charge in [-0.2, -0.15) is 0 Å². The SMILES string of the molecule is CCC(C)C(N)C(=O)NCC(=O)NC(C(=O)NC(Cc1cnc[nH]1)C(=O)O)C(C)C. The van der Waals surface area contributed by atoms with Gasteiger partial charge in [0, 0.05) is 18.3 Å². The van der Waals surface area contributed by atoms with Crippen molar-refractivity contribution in [1.29, 1.82) is 0 Å². The first-order valence-electron chi connectivity index (χ1n) is 9.89. The van der Waals surface area contributed by atoms with Crippen molar-refractivity contribution in [2.75, 3.05) is 6.54 Å². The van der Waals surface area contributed by atoms with Gasteiger partial charge in [0.15, 0.2) is 0 Å². The predicted molar refractivity (Wildman–Crippen MR) is 109 cm³/mol. The van der Waals surface area contributed by atoms with Gasteiger partial charge >= 0.3 is 5.97 Å². The van der Waals surface area contributed by atoms with Gasteiger partial charge in [0.05, 0.1) is 18.9 Å². The van der Waals surface area contributed by atoms with Crippen LogP contribution in [0.3, 0.4) is 0 Å². The summed E-state index contributed by atoms with van der Waals surface area (Å²) >= 11 is 0. The van der Waals surface area contributed by atoms with Crippen LogP contribution >= 0.6 is 0 Å². The average molecular weight is 425 g/mol. The van der Waals surface area contributed by atoms with Gasteiger partial charge in [0.2, 0.25) is 17.7 Å². The van der Waals surface area contributed by atoms with Crippen LogP contribution in [0.4, 0.5) is 0 Å². The number of carboxylic acid groups (broad SMARTS) is 1. The number of hydrogen-bond acceptors (Lipinski definition) is 6. The Bertz CT molecular complexity index is 721. The van der Waals surface area contributed by atoms with Crippen LogP contribution in [-0.2, 0) is 25.6 Å². The van der Waals surface area contributed by atoms with Crippen molar-refractivity contribution in [2.24, 2.45) is 17.6 Å². The fourth-order valence-corrected chi connectivity index (χ4v) is 2.63. The zero-order chi connectivity index (χ0) is 22.8. The highest BCUT2D eigenvalue weighted by atomic mass is 16.4. The summed E-state index contributed by atoms with van der Waals surface area (Å²) in [5.41, 5.74) is 6.37. The summed E-state index contributed by atoms with van der Waals surface area (Å²) in [7, 11) is 0. The van der Waals surface area contributed by atoms with Crippen LogP contribution in [0.5, 0.6) is 0 Å². The lowest BCUT2D eigenvalue weighted by Gasteiger charge is -2.24. The molecule has 0 aromatic carbocycles. The Morgan fingerprint density at radius 3 is 2.33 bits per heavy atom. The second-order valence-electron chi connectivity index (χ2n) is 7.60. The molecule has 1 aromatic rings. The summed E-state index contributed by atoms with van der Waals surface area (Å²) in [4.78, 5) is 55.0. The lowest BCUT2D eigenvalue weighted by Crippen LogP contribution is -2.56. The largest absolute Gasteiger partial charge is 0.480 e. The molecule has 0 aliphatic rings. The Kier molecular flexibility index (Phi) is 9.96. The van der Waals surface area contributed by atoms with E-state index in [1.54, 1.807) is 13.8 Å². The first-order chi connectivity index (χ1) is 14.1. The lowest BCUT2D eigenvalue weighted by molar-refractivity contribution is -0.142. The highest BCUT2D eigenvalue weighted by Gasteiger charge is 2.29. The maximum Gasteiger partial charge on any atom is 0.326 e. The van der Waals surface area contributed by atoms with Crippen molar-refractivity contribution in [2.45, 2.75) is 58.7 Å². The molecule has 168 valence electrons. The maximum absolute atomic E-state index is 12.6. The van der Waals surface area contributed by atoms with Crippen LogP contribution in [0.2, 0.25) is 0 Å². The van der Waals surface area contributed by atoms with Crippen LogP contribution in [0.25, 0.3) is 0 Å². The molecule has 11 nitrogen and oxygen atoms in total. The molecular formula is C19H32N6O5. The molecule has 0 fully saturated rings. The van der Waals surface area contributed by atoms with E-state index >= 15 is 0 Å². The van der Waals surface area contributed by atoms with Gasteiger partial charge in [-0.3, -0.25) is 14.4 Å². The molecule has 1 heterocycles. The topological polar surface area (TPSA) is 179 Å². The van der Waals surface area contributed by atoms with E-state index in [1.807, 2.05) is 13.8 Å². The maximum atomic E-state index is 12.6. The molecule has 1 aromatic heterocycles. The van der Waals surface area contributed by atoms with Crippen LogP contribution in [0.15, 0.2) is 12.5 Å². The number of nitrogens with one attached hydrogen (secondary N) is 4. The van der Waals surface area contributed by atoms with E-state index in [1.165, 1.54) is 12.5 Å². The minimum atomic E-state index is -1.21. The minimum absolute atomic E-state index is 0.0173. The van der Waals surface area contributed by atoms with Crippen molar-refractivity contribution in [3.8, 4) is 0 Å². The molecule has 4 unspecified atom stereocenters. The number of carbonyl (C=O) groups excluding carboxylic acids is 3. The van der Waals surface area contributed by atoms with Gasteiger partial charge in [-0.05, 0) is 11.8 Å². The molecule has 11 heteroatoms. The third kappa shape index (κ3) is 7.82. The number of nitrogens with two attached hydrogens (primary N) is 1. The summed E-state index contributed by atoms with van der Waals surface area (Å²) < 4.78 is 0. The smallest absolute Gasteiger partial charge is 0.326 e. The summed E-state index contributed by atoms with van der Waals surface area (Å²) in [6.45, 7) is 6.84. The van der Waals surface area contributed by atoms with Crippen molar-refractivity contribution < 1.29 is 24.3 Å². The van der Waals surface area contributed by atoms with Gasteiger partial charge < -0.3 is 31.8 Å². The van der Waals surface area contributed by atoms with E-state index < -0.39 is 41.8 Å². The molecule has 0 aliphatic heterocycles. The average Bonchev–Trinajstić information content (AvgIpc) is 3.21. The molecule has 0 radical (unpaired) electrons. The second kappa shape index (κ2) is 11.9. The number of imidazole rings is 1. The zero-order valence-corrected chi connectivity index (χ0v) is 17.8. The van der Waals surface area contributed by atoms with Gasteiger partial charge in [-0.15, -0.1) is 0 Å². The fourth-order valence-electron chi connectivity index (χ4n) is 2.63. The van der Waals surface area contributed by atoms with Crippen molar-refractivity contribution in [3.05, 3.63) is 18.2 Å². The van der Waals surface area contributed by atoms with Gasteiger partial charge in [0.1, 0.15) is 12.1 Å². The van der Waals surface area contributed by atoms with Crippen molar-refractivity contribution in [1.82, 2.24) is 25.9 Å². The molecule has 0 bridgehead atoms. The molecule has 0 saturated carbocycles. The van der Waals surface area contributed by atoms with Crippen molar-refractivity contribution in [3.63, 3.8) is 0 Å². The predicted octanol–water partition coefficient (Wildman–Crippen LogP) is -0.848. The molecule has 3 amide bonds. The molecule has 4 atom stereocenters. The zero-order valence-electron chi connectivity index (χ0n) is 17.8. The summed E-state index contributed by atoms with van der Waals surface area (Å²) in [5.74, 6) is -3.21. The quantitative estimate of drug-likeness (QED) is 0.253. The van der Waals surface area contributed by atoms with E-state index in [9.17, 15) is 24.3 Å². The Balaban J connectivity index is 2.66. The third-order valence-electron chi connectivity index (χ3n) is 4.84. The number of hydrogen-bond donors (Lipinski definition) is 6. The van der Waals surface area contributed by atoms with Gasteiger partial charge in [-0.25, -0.2) is 9.78 Å². The third-order valence-corrected chi connectivity index (χ3v) is 4.84.